The van der Waals surface area contributed by atoms with Gasteiger partial charge in [-0.15, -0.1) is 0 Å². The molecule has 22 heavy (non-hydrogen) atoms. The Balaban J connectivity index is 1.82. The lowest BCUT2D eigenvalue weighted by atomic mass is 10.1. The molecule has 0 amide bonds. The van der Waals surface area contributed by atoms with Gasteiger partial charge < -0.3 is 14.8 Å². The monoisotopic (exact) mass is 297 g/mol. The number of hydrogen-bond donors (Lipinski definition) is 1. The first-order valence-corrected chi connectivity index (χ1v) is 7.34. The van der Waals surface area contributed by atoms with Gasteiger partial charge in [-0.25, -0.2) is 0 Å². The first-order valence-electron chi connectivity index (χ1n) is 7.34. The number of nitrogens with one attached hydrogen (secondary N) is 1. The molecule has 0 unspecified atom stereocenters. The zero-order valence-corrected chi connectivity index (χ0v) is 12.5. The Labute approximate surface area is 129 Å². The summed E-state index contributed by atoms with van der Waals surface area (Å²) >= 11 is 0. The second-order valence-corrected chi connectivity index (χ2v) is 5.40. The predicted molar refractivity (Wildman–Crippen MR) is 86.9 cm³/mol. The Morgan fingerprint density at radius 2 is 2.05 bits per heavy atom. The van der Waals surface area contributed by atoms with Crippen molar-refractivity contribution in [3.8, 4) is 5.75 Å². The summed E-state index contributed by atoms with van der Waals surface area (Å²) < 4.78 is 10.9. The zero-order valence-electron chi connectivity index (χ0n) is 12.5. The number of carbonyl (C=O) groups excluding carboxylic acids is 1. The van der Waals surface area contributed by atoms with E-state index in [1.165, 1.54) is 7.11 Å². The number of esters is 1. The van der Waals surface area contributed by atoms with Gasteiger partial charge in [0.2, 0.25) is 0 Å². The quantitative estimate of drug-likeness (QED) is 0.882. The summed E-state index contributed by atoms with van der Waals surface area (Å²) in [7, 11) is 1.40. The Morgan fingerprint density at radius 3 is 2.73 bits per heavy atom. The summed E-state index contributed by atoms with van der Waals surface area (Å²) in [5.41, 5.74) is 0.959. The molecule has 4 nitrogen and oxygen atoms in total. The molecule has 0 radical (unpaired) electrons. The number of benzene rings is 2. The van der Waals surface area contributed by atoms with E-state index in [0.29, 0.717) is 13.0 Å². The van der Waals surface area contributed by atoms with E-state index < -0.39 is 0 Å². The van der Waals surface area contributed by atoms with Crippen molar-refractivity contribution in [3.63, 3.8) is 0 Å². The Bertz CT molecular complexity index is 711. The smallest absolute Gasteiger partial charge is 0.323 e. The molecule has 0 spiro atoms. The van der Waals surface area contributed by atoms with Crippen LogP contribution in [0.5, 0.6) is 5.75 Å². The summed E-state index contributed by atoms with van der Waals surface area (Å²) in [5, 5.41) is 5.40. The van der Waals surface area contributed by atoms with E-state index in [9.17, 15) is 4.79 Å². The van der Waals surface area contributed by atoms with Gasteiger partial charge in [0, 0.05) is 18.5 Å². The number of ether oxygens (including phenoxy) is 2. The molecule has 114 valence electrons. The molecular weight excluding hydrogens is 278 g/mol. The van der Waals surface area contributed by atoms with E-state index >= 15 is 0 Å². The SMILES string of the molecule is C=Cc1cc2ccccc2cc1O[C@H]1CN[C@H](C(=O)OC)C1. The third-order valence-corrected chi connectivity index (χ3v) is 3.97. The maximum absolute atomic E-state index is 11.6. The van der Waals surface area contributed by atoms with Crippen LogP contribution in [0.15, 0.2) is 43.0 Å². The van der Waals surface area contributed by atoms with Crippen LogP contribution in [-0.4, -0.2) is 31.8 Å². The van der Waals surface area contributed by atoms with Crippen LogP contribution in [0.25, 0.3) is 16.8 Å². The summed E-state index contributed by atoms with van der Waals surface area (Å²) in [5.74, 6) is 0.555. The van der Waals surface area contributed by atoms with Gasteiger partial charge in [-0.2, -0.15) is 0 Å². The van der Waals surface area contributed by atoms with E-state index in [2.05, 4.69) is 30.1 Å². The highest BCUT2D eigenvalue weighted by atomic mass is 16.5. The molecule has 0 aliphatic carbocycles. The maximum Gasteiger partial charge on any atom is 0.323 e. The molecule has 1 saturated heterocycles. The topological polar surface area (TPSA) is 47.6 Å². The van der Waals surface area contributed by atoms with Gasteiger partial charge in [-0.3, -0.25) is 4.79 Å². The minimum absolute atomic E-state index is 0.0519. The molecule has 2 atom stereocenters. The van der Waals surface area contributed by atoms with Crippen LogP contribution >= 0.6 is 0 Å². The highest BCUT2D eigenvalue weighted by Gasteiger charge is 2.31. The molecule has 4 heteroatoms. The molecule has 3 rings (SSSR count). The number of methoxy groups -OCH3 is 1. The first-order chi connectivity index (χ1) is 10.7. The van der Waals surface area contributed by atoms with E-state index in [-0.39, 0.29) is 18.1 Å². The molecule has 0 bridgehead atoms. The molecule has 1 heterocycles. The van der Waals surface area contributed by atoms with Crippen LogP contribution in [0.1, 0.15) is 12.0 Å². The minimum Gasteiger partial charge on any atom is -0.488 e. The molecule has 1 N–H and O–H groups in total. The van der Waals surface area contributed by atoms with Crippen molar-refractivity contribution >= 4 is 22.8 Å². The van der Waals surface area contributed by atoms with Crippen molar-refractivity contribution < 1.29 is 14.3 Å². The standard InChI is InChI=1S/C18H19NO3/c1-3-12-8-13-6-4-5-7-14(13)9-17(12)22-15-10-16(19-11-15)18(20)21-2/h3-9,15-16,19H,1,10-11H2,2H3/t15-,16+/m1/s1. The molecule has 1 aliphatic rings. The van der Waals surface area contributed by atoms with Crippen molar-refractivity contribution in [3.05, 3.63) is 48.5 Å². The lowest BCUT2D eigenvalue weighted by Gasteiger charge is -2.16. The largest absolute Gasteiger partial charge is 0.488 e. The fraction of sp³-hybridized carbons (Fsp3) is 0.278. The molecule has 1 fully saturated rings. The van der Waals surface area contributed by atoms with Crippen molar-refractivity contribution in [1.29, 1.82) is 0 Å². The third-order valence-electron chi connectivity index (χ3n) is 3.97. The van der Waals surface area contributed by atoms with Crippen LogP contribution in [0.2, 0.25) is 0 Å². The van der Waals surface area contributed by atoms with Gasteiger partial charge in [-0.1, -0.05) is 36.9 Å². The van der Waals surface area contributed by atoms with Crippen molar-refractivity contribution in [2.45, 2.75) is 18.6 Å². The average Bonchev–Trinajstić information content (AvgIpc) is 3.02. The van der Waals surface area contributed by atoms with Gasteiger partial charge >= 0.3 is 5.97 Å². The summed E-state index contributed by atoms with van der Waals surface area (Å²) in [6.45, 7) is 4.49. The molecule has 0 saturated carbocycles. The van der Waals surface area contributed by atoms with Crippen LogP contribution in [-0.2, 0) is 9.53 Å². The number of rotatable bonds is 4. The van der Waals surface area contributed by atoms with E-state index in [4.69, 9.17) is 9.47 Å². The van der Waals surface area contributed by atoms with Gasteiger partial charge in [0.1, 0.15) is 17.9 Å². The Hall–Kier alpha value is -2.33. The summed E-state index contributed by atoms with van der Waals surface area (Å²) in [6.07, 6.45) is 2.35. The van der Waals surface area contributed by atoms with Crippen molar-refractivity contribution in [1.82, 2.24) is 5.32 Å². The fourth-order valence-electron chi connectivity index (χ4n) is 2.79. The molecule has 2 aromatic rings. The highest BCUT2D eigenvalue weighted by molar-refractivity contribution is 5.87. The van der Waals surface area contributed by atoms with Crippen LogP contribution in [0.4, 0.5) is 0 Å². The molecular formula is C18H19NO3. The third kappa shape index (κ3) is 2.83. The number of fused-ring (bicyclic) bond motifs is 1. The number of carbonyl (C=O) groups is 1. The van der Waals surface area contributed by atoms with E-state index in [1.54, 1.807) is 6.08 Å². The zero-order chi connectivity index (χ0) is 15.5. The van der Waals surface area contributed by atoms with E-state index in [0.717, 1.165) is 22.1 Å². The summed E-state index contributed by atoms with van der Waals surface area (Å²) in [4.78, 5) is 11.6. The highest BCUT2D eigenvalue weighted by Crippen LogP contribution is 2.29. The van der Waals surface area contributed by atoms with Crippen LogP contribution < -0.4 is 10.1 Å². The van der Waals surface area contributed by atoms with Crippen LogP contribution in [0.3, 0.4) is 0 Å². The lowest BCUT2D eigenvalue weighted by molar-refractivity contribution is -0.142. The molecule has 1 aliphatic heterocycles. The van der Waals surface area contributed by atoms with Crippen molar-refractivity contribution in [2.75, 3.05) is 13.7 Å². The Kier molecular flexibility index (Phi) is 4.11. The first kappa shape index (κ1) is 14.6. The van der Waals surface area contributed by atoms with Gasteiger partial charge in [-0.05, 0) is 22.9 Å². The maximum atomic E-state index is 11.6. The predicted octanol–water partition coefficient (Wildman–Crippen LogP) is 2.77. The number of hydrogen-bond acceptors (Lipinski definition) is 4. The van der Waals surface area contributed by atoms with Gasteiger partial charge in [0.15, 0.2) is 0 Å². The normalized spacial score (nSPS) is 20.8. The average molecular weight is 297 g/mol. The van der Waals surface area contributed by atoms with Gasteiger partial charge in [0.05, 0.1) is 7.11 Å². The van der Waals surface area contributed by atoms with E-state index in [1.807, 2.05) is 18.2 Å². The lowest BCUT2D eigenvalue weighted by Crippen LogP contribution is -2.31. The molecule has 0 aromatic heterocycles. The fourth-order valence-corrected chi connectivity index (χ4v) is 2.79. The molecule has 2 aromatic carbocycles. The summed E-state index contributed by atoms with van der Waals surface area (Å²) in [6, 6.07) is 11.9. The minimum atomic E-state index is -0.289. The Morgan fingerprint density at radius 1 is 1.32 bits per heavy atom. The van der Waals surface area contributed by atoms with Crippen LogP contribution in [0, 0.1) is 0 Å². The second kappa shape index (κ2) is 6.20. The second-order valence-electron chi connectivity index (χ2n) is 5.40. The van der Waals surface area contributed by atoms with Crippen molar-refractivity contribution in [2.24, 2.45) is 0 Å². The van der Waals surface area contributed by atoms with Gasteiger partial charge in [0.25, 0.3) is 0 Å².